The summed E-state index contributed by atoms with van der Waals surface area (Å²) in [4.78, 5) is 23.8. The summed E-state index contributed by atoms with van der Waals surface area (Å²) in [5.41, 5.74) is -0.493. The Morgan fingerprint density at radius 2 is 1.45 bits per heavy atom. The maximum absolute atomic E-state index is 12.0. The fourth-order valence-corrected chi connectivity index (χ4v) is 2.62. The fraction of sp³-hybridized carbons (Fsp3) is 0.875. The molecule has 1 aliphatic carbocycles. The van der Waals surface area contributed by atoms with Crippen molar-refractivity contribution in [2.24, 2.45) is 5.92 Å². The van der Waals surface area contributed by atoms with Crippen LogP contribution in [0.4, 0.5) is 9.59 Å². The molecule has 0 unspecified atom stereocenters. The van der Waals surface area contributed by atoms with Crippen molar-refractivity contribution in [2.45, 2.75) is 77.9 Å². The minimum absolute atomic E-state index is 0.122. The first kappa shape index (κ1) is 18.6. The summed E-state index contributed by atoms with van der Waals surface area (Å²) in [5, 5.41) is 11.7. The van der Waals surface area contributed by atoms with E-state index in [-0.39, 0.29) is 35.1 Å². The zero-order valence-corrected chi connectivity index (χ0v) is 14.8. The molecule has 22 heavy (non-hydrogen) atoms. The lowest BCUT2D eigenvalue weighted by Crippen LogP contribution is -2.52. The molecular formula is C16H32N4O2. The number of hydrogen-bond donors (Lipinski definition) is 4. The second-order valence-corrected chi connectivity index (χ2v) is 8.23. The molecule has 4 N–H and O–H groups in total. The molecule has 0 saturated heterocycles. The van der Waals surface area contributed by atoms with E-state index in [1.807, 2.05) is 41.5 Å². The molecular weight excluding hydrogens is 280 g/mol. The van der Waals surface area contributed by atoms with Crippen LogP contribution in [0, 0.1) is 5.92 Å². The largest absolute Gasteiger partial charge is 0.338 e. The quantitative estimate of drug-likeness (QED) is 0.645. The van der Waals surface area contributed by atoms with Crippen molar-refractivity contribution < 1.29 is 9.59 Å². The monoisotopic (exact) mass is 312 g/mol. The van der Waals surface area contributed by atoms with Gasteiger partial charge in [0.1, 0.15) is 0 Å². The maximum atomic E-state index is 12.0. The van der Waals surface area contributed by atoms with Crippen LogP contribution in [0.5, 0.6) is 0 Å². The predicted octanol–water partition coefficient (Wildman–Crippen LogP) is 2.35. The molecule has 0 aromatic rings. The van der Waals surface area contributed by atoms with E-state index in [0.717, 1.165) is 19.3 Å². The molecule has 4 amide bonds. The Balaban J connectivity index is 2.40. The molecule has 6 nitrogen and oxygen atoms in total. The van der Waals surface area contributed by atoms with E-state index in [9.17, 15) is 9.59 Å². The van der Waals surface area contributed by atoms with Gasteiger partial charge >= 0.3 is 12.1 Å². The summed E-state index contributed by atoms with van der Waals surface area (Å²) in [6, 6.07) is -0.168. The first-order valence-corrected chi connectivity index (χ1v) is 8.11. The molecule has 1 aliphatic rings. The smallest absolute Gasteiger partial charge is 0.315 e. The molecule has 1 rings (SSSR count). The minimum Gasteiger partial charge on any atom is -0.338 e. The predicted molar refractivity (Wildman–Crippen MR) is 88.8 cm³/mol. The highest BCUT2D eigenvalue weighted by Gasteiger charge is 2.29. The summed E-state index contributed by atoms with van der Waals surface area (Å²) in [6.07, 6.45) is 3.06. The molecule has 1 saturated carbocycles. The number of hydrogen-bond acceptors (Lipinski definition) is 2. The molecule has 0 heterocycles. The highest BCUT2D eigenvalue weighted by Crippen LogP contribution is 2.25. The van der Waals surface area contributed by atoms with Gasteiger partial charge in [-0.1, -0.05) is 6.42 Å². The van der Waals surface area contributed by atoms with Crippen molar-refractivity contribution in [1.82, 2.24) is 21.3 Å². The summed E-state index contributed by atoms with van der Waals surface area (Å²) in [5.74, 6) is 0.288. The van der Waals surface area contributed by atoms with E-state index >= 15 is 0 Å². The first-order valence-electron chi connectivity index (χ1n) is 8.11. The number of rotatable bonds is 3. The maximum Gasteiger partial charge on any atom is 0.315 e. The molecule has 0 bridgehead atoms. The van der Waals surface area contributed by atoms with Gasteiger partial charge < -0.3 is 21.3 Å². The zero-order chi connectivity index (χ0) is 17.0. The Hall–Kier alpha value is -1.46. The third-order valence-electron chi connectivity index (χ3n) is 3.48. The molecule has 0 aromatic carbocycles. The standard InChI is InChI=1S/C16H32N4O2/c1-15(2,3)19-13(21)17-10-11-8-7-9-12(11)18-14(22)20-16(4,5)6/h11-12H,7-10H2,1-6H3,(H2,17,19,21)(H2,18,20,22)/t11-,12-/m0/s1. The van der Waals surface area contributed by atoms with Crippen LogP contribution in [0.25, 0.3) is 0 Å². The van der Waals surface area contributed by atoms with E-state index in [1.54, 1.807) is 0 Å². The van der Waals surface area contributed by atoms with Gasteiger partial charge in [0.25, 0.3) is 0 Å². The Morgan fingerprint density at radius 3 is 2.00 bits per heavy atom. The van der Waals surface area contributed by atoms with Gasteiger partial charge in [-0.05, 0) is 60.3 Å². The molecule has 128 valence electrons. The number of carbonyl (C=O) groups is 2. The fourth-order valence-electron chi connectivity index (χ4n) is 2.62. The normalized spacial score (nSPS) is 22.1. The Morgan fingerprint density at radius 1 is 0.909 bits per heavy atom. The second-order valence-electron chi connectivity index (χ2n) is 8.23. The van der Waals surface area contributed by atoms with Gasteiger partial charge in [-0.15, -0.1) is 0 Å². The van der Waals surface area contributed by atoms with Crippen LogP contribution in [0.15, 0.2) is 0 Å². The van der Waals surface area contributed by atoms with Gasteiger partial charge in [0.15, 0.2) is 0 Å². The lowest BCUT2D eigenvalue weighted by molar-refractivity contribution is 0.222. The van der Waals surface area contributed by atoms with Gasteiger partial charge in [0.05, 0.1) is 0 Å². The Bertz CT molecular complexity index is 396. The average molecular weight is 312 g/mol. The van der Waals surface area contributed by atoms with Crippen LogP contribution in [0.1, 0.15) is 60.8 Å². The van der Waals surface area contributed by atoms with Crippen LogP contribution in [-0.4, -0.2) is 35.7 Å². The van der Waals surface area contributed by atoms with Gasteiger partial charge in [-0.3, -0.25) is 0 Å². The highest BCUT2D eigenvalue weighted by molar-refractivity contribution is 5.75. The van der Waals surface area contributed by atoms with Gasteiger partial charge in [-0.2, -0.15) is 0 Å². The van der Waals surface area contributed by atoms with Crippen LogP contribution < -0.4 is 21.3 Å². The van der Waals surface area contributed by atoms with Crippen molar-refractivity contribution in [1.29, 1.82) is 0 Å². The molecule has 0 radical (unpaired) electrons. The van der Waals surface area contributed by atoms with Gasteiger partial charge in [0.2, 0.25) is 0 Å². The van der Waals surface area contributed by atoms with E-state index in [0.29, 0.717) is 6.54 Å². The van der Waals surface area contributed by atoms with E-state index < -0.39 is 0 Å². The second kappa shape index (κ2) is 7.20. The third-order valence-corrected chi connectivity index (χ3v) is 3.48. The topological polar surface area (TPSA) is 82.3 Å². The van der Waals surface area contributed by atoms with Gasteiger partial charge in [-0.25, -0.2) is 9.59 Å². The van der Waals surface area contributed by atoms with Crippen LogP contribution >= 0.6 is 0 Å². The third kappa shape index (κ3) is 7.52. The molecule has 1 fully saturated rings. The summed E-state index contributed by atoms with van der Waals surface area (Å²) < 4.78 is 0. The zero-order valence-electron chi connectivity index (χ0n) is 14.8. The van der Waals surface area contributed by atoms with Crippen molar-refractivity contribution in [2.75, 3.05) is 6.54 Å². The van der Waals surface area contributed by atoms with Crippen LogP contribution in [-0.2, 0) is 0 Å². The molecule has 0 spiro atoms. The van der Waals surface area contributed by atoms with Crippen LogP contribution in [0.3, 0.4) is 0 Å². The van der Waals surface area contributed by atoms with E-state index in [1.165, 1.54) is 0 Å². The number of urea groups is 2. The summed E-state index contributed by atoms with van der Waals surface area (Å²) >= 11 is 0. The average Bonchev–Trinajstić information content (AvgIpc) is 2.68. The molecule has 0 aliphatic heterocycles. The van der Waals surface area contributed by atoms with E-state index in [4.69, 9.17) is 0 Å². The SMILES string of the molecule is CC(C)(C)NC(=O)NC[C@@H]1CCC[C@@H]1NC(=O)NC(C)(C)C. The molecule has 0 aromatic heterocycles. The Labute approximate surface area is 134 Å². The van der Waals surface area contributed by atoms with Crippen molar-refractivity contribution >= 4 is 12.1 Å². The number of nitrogens with one attached hydrogen (secondary N) is 4. The lowest BCUT2D eigenvalue weighted by atomic mass is 10.0. The molecule has 2 atom stereocenters. The van der Waals surface area contributed by atoms with Crippen molar-refractivity contribution in [3.63, 3.8) is 0 Å². The lowest BCUT2D eigenvalue weighted by Gasteiger charge is -2.26. The minimum atomic E-state index is -0.247. The first-order chi connectivity index (χ1) is 9.96. The Kier molecular flexibility index (Phi) is 6.08. The summed E-state index contributed by atoms with van der Waals surface area (Å²) in [6.45, 7) is 12.3. The number of amides is 4. The highest BCUT2D eigenvalue weighted by atomic mass is 16.2. The van der Waals surface area contributed by atoms with Crippen molar-refractivity contribution in [3.8, 4) is 0 Å². The molecule has 6 heteroatoms. The number of carbonyl (C=O) groups excluding carboxylic acids is 2. The van der Waals surface area contributed by atoms with E-state index in [2.05, 4.69) is 21.3 Å². The van der Waals surface area contributed by atoms with Crippen molar-refractivity contribution in [3.05, 3.63) is 0 Å². The van der Waals surface area contributed by atoms with Crippen LogP contribution in [0.2, 0.25) is 0 Å². The van der Waals surface area contributed by atoms with Gasteiger partial charge in [0, 0.05) is 23.7 Å². The summed E-state index contributed by atoms with van der Waals surface area (Å²) in [7, 11) is 0.